The molecular weight excluding hydrogens is 294 g/mol. The van der Waals surface area contributed by atoms with E-state index in [-0.39, 0.29) is 18.5 Å². The fraction of sp³-hybridized carbons (Fsp3) is 0.353. The fourth-order valence-electron chi connectivity index (χ4n) is 2.14. The van der Waals surface area contributed by atoms with Gasteiger partial charge in [-0.2, -0.15) is 5.10 Å². The normalized spacial score (nSPS) is 10.6. The highest BCUT2D eigenvalue weighted by atomic mass is 16.5. The van der Waals surface area contributed by atoms with Crippen LogP contribution in [0.3, 0.4) is 0 Å². The summed E-state index contributed by atoms with van der Waals surface area (Å²) in [6.07, 6.45) is 1.73. The van der Waals surface area contributed by atoms with Gasteiger partial charge in [0.1, 0.15) is 6.54 Å². The summed E-state index contributed by atoms with van der Waals surface area (Å²) >= 11 is 0. The second kappa shape index (κ2) is 7.58. The molecule has 1 amide bonds. The highest BCUT2D eigenvalue weighted by Gasteiger charge is 2.24. The van der Waals surface area contributed by atoms with Gasteiger partial charge in [-0.3, -0.25) is 9.59 Å². The summed E-state index contributed by atoms with van der Waals surface area (Å²) in [5, 5.41) is 4.31. The van der Waals surface area contributed by atoms with E-state index in [1.807, 2.05) is 44.2 Å². The fourth-order valence-corrected chi connectivity index (χ4v) is 2.14. The van der Waals surface area contributed by atoms with Crippen LogP contribution in [-0.2, 0) is 9.53 Å². The number of ether oxygens (including phenoxy) is 1. The Morgan fingerprint density at radius 3 is 2.52 bits per heavy atom. The molecule has 0 atom stereocenters. The van der Waals surface area contributed by atoms with Crippen LogP contribution < -0.4 is 0 Å². The molecule has 0 radical (unpaired) electrons. The molecule has 0 unspecified atom stereocenters. The number of esters is 1. The quantitative estimate of drug-likeness (QED) is 0.767. The number of nitrogens with zero attached hydrogens (tertiary/aromatic N) is 3. The highest BCUT2D eigenvalue weighted by molar-refractivity contribution is 5.94. The number of benzene rings is 1. The maximum atomic E-state index is 12.6. The van der Waals surface area contributed by atoms with Crippen molar-refractivity contribution in [1.29, 1.82) is 0 Å². The number of para-hydroxylation sites is 1. The van der Waals surface area contributed by atoms with Gasteiger partial charge in [-0.15, -0.1) is 0 Å². The summed E-state index contributed by atoms with van der Waals surface area (Å²) in [5.74, 6) is -0.709. The molecular formula is C17H21N3O3. The monoisotopic (exact) mass is 315 g/mol. The topological polar surface area (TPSA) is 64.4 Å². The van der Waals surface area contributed by atoms with E-state index >= 15 is 0 Å². The Balaban J connectivity index is 2.17. The Labute approximate surface area is 135 Å². The van der Waals surface area contributed by atoms with E-state index in [9.17, 15) is 9.59 Å². The van der Waals surface area contributed by atoms with Crippen LogP contribution in [-0.4, -0.2) is 45.8 Å². The number of hydrogen-bond donors (Lipinski definition) is 0. The maximum Gasteiger partial charge on any atom is 0.325 e. The van der Waals surface area contributed by atoms with E-state index in [0.717, 1.165) is 5.69 Å². The maximum absolute atomic E-state index is 12.6. The van der Waals surface area contributed by atoms with E-state index < -0.39 is 5.97 Å². The summed E-state index contributed by atoms with van der Waals surface area (Å²) in [4.78, 5) is 25.7. The minimum absolute atomic E-state index is 0.0808. The Morgan fingerprint density at radius 1 is 1.22 bits per heavy atom. The average Bonchev–Trinajstić information content (AvgIpc) is 3.03. The summed E-state index contributed by atoms with van der Waals surface area (Å²) in [7, 11) is 0. The predicted molar refractivity (Wildman–Crippen MR) is 86.4 cm³/mol. The lowest BCUT2D eigenvalue weighted by molar-refractivity contribution is -0.144. The number of carbonyl (C=O) groups is 2. The van der Waals surface area contributed by atoms with Gasteiger partial charge in [0.25, 0.3) is 5.91 Å². The molecule has 0 aliphatic rings. The molecule has 1 aromatic heterocycles. The molecule has 6 heteroatoms. The third kappa shape index (κ3) is 4.18. The number of hydrogen-bond acceptors (Lipinski definition) is 4. The summed E-state index contributed by atoms with van der Waals surface area (Å²) < 4.78 is 6.56. The molecule has 0 aliphatic heterocycles. The van der Waals surface area contributed by atoms with Crippen molar-refractivity contribution in [2.75, 3.05) is 13.2 Å². The van der Waals surface area contributed by atoms with Crippen molar-refractivity contribution in [3.8, 4) is 5.69 Å². The van der Waals surface area contributed by atoms with Crippen LogP contribution in [0.5, 0.6) is 0 Å². The molecule has 2 aromatic rings. The molecule has 6 nitrogen and oxygen atoms in total. The Kier molecular flexibility index (Phi) is 5.51. The lowest BCUT2D eigenvalue weighted by atomic mass is 10.2. The highest BCUT2D eigenvalue weighted by Crippen LogP contribution is 2.10. The predicted octanol–water partition coefficient (Wildman–Crippen LogP) is 2.29. The van der Waals surface area contributed by atoms with Crippen LogP contribution in [0, 0.1) is 0 Å². The standard InChI is InChI=1S/C17H21N3O3/c1-4-23-16(21)12-19(13(2)3)17(22)15-10-11-20(18-15)14-8-6-5-7-9-14/h5-11,13H,4,12H2,1-3H3. The molecule has 1 heterocycles. The third-order valence-electron chi connectivity index (χ3n) is 3.32. The molecule has 0 bridgehead atoms. The summed E-state index contributed by atoms with van der Waals surface area (Å²) in [6.45, 7) is 5.65. The minimum Gasteiger partial charge on any atom is -0.465 e. The lowest BCUT2D eigenvalue weighted by Crippen LogP contribution is -2.41. The summed E-state index contributed by atoms with van der Waals surface area (Å²) in [6, 6.07) is 11.0. The zero-order valence-corrected chi connectivity index (χ0v) is 13.6. The van der Waals surface area contributed by atoms with Gasteiger partial charge in [0.15, 0.2) is 5.69 Å². The molecule has 0 N–H and O–H groups in total. The second-order valence-electron chi connectivity index (χ2n) is 5.31. The van der Waals surface area contributed by atoms with Gasteiger partial charge in [-0.25, -0.2) is 4.68 Å². The Hall–Kier alpha value is -2.63. The minimum atomic E-state index is -0.419. The van der Waals surface area contributed by atoms with Gasteiger partial charge in [-0.1, -0.05) is 18.2 Å². The van der Waals surface area contributed by atoms with Crippen molar-refractivity contribution in [2.45, 2.75) is 26.8 Å². The van der Waals surface area contributed by atoms with Gasteiger partial charge in [-0.05, 0) is 39.0 Å². The molecule has 23 heavy (non-hydrogen) atoms. The number of carbonyl (C=O) groups excluding carboxylic acids is 2. The van der Waals surface area contributed by atoms with Crippen molar-refractivity contribution in [3.05, 3.63) is 48.3 Å². The van der Waals surface area contributed by atoms with Crippen molar-refractivity contribution in [2.24, 2.45) is 0 Å². The average molecular weight is 315 g/mol. The van der Waals surface area contributed by atoms with Crippen LogP contribution in [0.2, 0.25) is 0 Å². The van der Waals surface area contributed by atoms with Gasteiger partial charge in [0, 0.05) is 12.2 Å². The number of aromatic nitrogens is 2. The molecule has 0 saturated heterocycles. The Bertz CT molecular complexity index is 665. The van der Waals surface area contributed by atoms with Crippen molar-refractivity contribution in [1.82, 2.24) is 14.7 Å². The first-order valence-electron chi connectivity index (χ1n) is 7.60. The molecule has 0 spiro atoms. The first-order chi connectivity index (χ1) is 11.0. The van der Waals surface area contributed by atoms with Crippen LogP contribution >= 0.6 is 0 Å². The zero-order chi connectivity index (χ0) is 16.8. The van der Waals surface area contributed by atoms with Gasteiger partial charge in [0.05, 0.1) is 12.3 Å². The largest absolute Gasteiger partial charge is 0.465 e. The molecule has 0 fully saturated rings. The molecule has 0 aliphatic carbocycles. The molecule has 2 rings (SSSR count). The van der Waals surface area contributed by atoms with E-state index in [4.69, 9.17) is 4.74 Å². The summed E-state index contributed by atoms with van der Waals surface area (Å²) in [5.41, 5.74) is 1.17. The molecule has 1 aromatic carbocycles. The second-order valence-corrected chi connectivity index (χ2v) is 5.31. The lowest BCUT2D eigenvalue weighted by Gasteiger charge is -2.24. The van der Waals surface area contributed by atoms with Crippen molar-refractivity contribution < 1.29 is 14.3 Å². The Morgan fingerprint density at radius 2 is 1.91 bits per heavy atom. The van der Waals surface area contributed by atoms with E-state index in [1.54, 1.807) is 23.9 Å². The van der Waals surface area contributed by atoms with E-state index in [1.165, 1.54) is 4.90 Å². The first kappa shape index (κ1) is 16.7. The van der Waals surface area contributed by atoms with E-state index in [2.05, 4.69) is 5.10 Å². The van der Waals surface area contributed by atoms with Crippen LogP contribution in [0.4, 0.5) is 0 Å². The van der Waals surface area contributed by atoms with Gasteiger partial charge < -0.3 is 9.64 Å². The van der Waals surface area contributed by atoms with Crippen LogP contribution in [0.1, 0.15) is 31.3 Å². The number of amides is 1. The smallest absolute Gasteiger partial charge is 0.325 e. The van der Waals surface area contributed by atoms with Crippen LogP contribution in [0.15, 0.2) is 42.6 Å². The van der Waals surface area contributed by atoms with Gasteiger partial charge >= 0.3 is 5.97 Å². The van der Waals surface area contributed by atoms with E-state index in [0.29, 0.717) is 12.3 Å². The first-order valence-corrected chi connectivity index (χ1v) is 7.60. The SMILES string of the molecule is CCOC(=O)CN(C(=O)c1ccn(-c2ccccc2)n1)C(C)C. The van der Waals surface area contributed by atoms with Crippen molar-refractivity contribution in [3.63, 3.8) is 0 Å². The van der Waals surface area contributed by atoms with Crippen LogP contribution in [0.25, 0.3) is 5.69 Å². The third-order valence-corrected chi connectivity index (χ3v) is 3.32. The number of rotatable bonds is 6. The molecule has 122 valence electrons. The van der Waals surface area contributed by atoms with Gasteiger partial charge in [0.2, 0.25) is 0 Å². The zero-order valence-electron chi connectivity index (χ0n) is 13.6. The molecule has 0 saturated carbocycles. The van der Waals surface area contributed by atoms with Crippen molar-refractivity contribution >= 4 is 11.9 Å².